The van der Waals surface area contributed by atoms with E-state index in [4.69, 9.17) is 5.73 Å². The van der Waals surface area contributed by atoms with E-state index in [1.165, 1.54) is 19.3 Å². The van der Waals surface area contributed by atoms with Gasteiger partial charge in [-0.1, -0.05) is 41.5 Å². The van der Waals surface area contributed by atoms with Gasteiger partial charge in [0.25, 0.3) is 0 Å². The van der Waals surface area contributed by atoms with Gasteiger partial charge < -0.3 is 5.73 Å². The van der Waals surface area contributed by atoms with Crippen LogP contribution in [0.4, 0.5) is 0 Å². The Labute approximate surface area is 95.8 Å². The Morgan fingerprint density at radius 2 is 1.40 bits per heavy atom. The summed E-state index contributed by atoms with van der Waals surface area (Å²) in [7, 11) is 0. The van der Waals surface area contributed by atoms with Crippen LogP contribution in [0, 0.1) is 22.7 Å². The van der Waals surface area contributed by atoms with Gasteiger partial charge in [-0.25, -0.2) is 0 Å². The summed E-state index contributed by atoms with van der Waals surface area (Å²) < 4.78 is 0. The molecular formula is C14H29N. The third-order valence-corrected chi connectivity index (χ3v) is 4.24. The smallest absolute Gasteiger partial charge is 0.00723 e. The Morgan fingerprint density at radius 1 is 0.867 bits per heavy atom. The van der Waals surface area contributed by atoms with Crippen molar-refractivity contribution < 1.29 is 0 Å². The van der Waals surface area contributed by atoms with Crippen LogP contribution in [-0.2, 0) is 0 Å². The van der Waals surface area contributed by atoms with Crippen molar-refractivity contribution >= 4 is 0 Å². The molecule has 1 aliphatic rings. The average Bonchev–Trinajstić information content (AvgIpc) is 2.00. The molecule has 90 valence electrons. The van der Waals surface area contributed by atoms with Crippen molar-refractivity contribution in [3.05, 3.63) is 0 Å². The van der Waals surface area contributed by atoms with Crippen molar-refractivity contribution in [1.82, 2.24) is 0 Å². The summed E-state index contributed by atoms with van der Waals surface area (Å²) in [5, 5.41) is 0. The Hall–Kier alpha value is -0.0400. The largest absolute Gasteiger partial charge is 0.327 e. The zero-order valence-corrected chi connectivity index (χ0v) is 11.4. The molecular weight excluding hydrogens is 182 g/mol. The van der Waals surface area contributed by atoms with Crippen LogP contribution in [0.25, 0.3) is 0 Å². The van der Waals surface area contributed by atoms with Crippen molar-refractivity contribution in [3.63, 3.8) is 0 Å². The monoisotopic (exact) mass is 211 g/mol. The normalized spacial score (nSPS) is 34.2. The summed E-state index contributed by atoms with van der Waals surface area (Å²) in [5.74, 6) is 1.54. The van der Waals surface area contributed by atoms with Crippen LogP contribution in [0.5, 0.6) is 0 Å². The summed E-state index contributed by atoms with van der Waals surface area (Å²) >= 11 is 0. The molecule has 1 nitrogen and oxygen atoms in total. The quantitative estimate of drug-likeness (QED) is 0.647. The molecule has 0 spiro atoms. The molecule has 0 radical (unpaired) electrons. The average molecular weight is 211 g/mol. The molecule has 0 aromatic carbocycles. The van der Waals surface area contributed by atoms with Gasteiger partial charge in [0.2, 0.25) is 0 Å². The Balaban J connectivity index is 2.73. The minimum absolute atomic E-state index is 0.364. The standard InChI is InChI=1S/C14H29N/c1-13(2,3)10-7-8-12(15)11(9-10)14(4,5)6/h10-12H,7-9,15H2,1-6H3. The lowest BCUT2D eigenvalue weighted by molar-refractivity contribution is 0.0667. The second kappa shape index (κ2) is 4.08. The molecule has 3 unspecified atom stereocenters. The molecule has 2 N–H and O–H groups in total. The third-order valence-electron chi connectivity index (χ3n) is 4.24. The van der Waals surface area contributed by atoms with E-state index in [1.807, 2.05) is 0 Å². The van der Waals surface area contributed by atoms with Crippen LogP contribution in [0.2, 0.25) is 0 Å². The van der Waals surface area contributed by atoms with Gasteiger partial charge >= 0.3 is 0 Å². The SMILES string of the molecule is CC(C)(C)C1CCC(N)C(C(C)(C)C)C1. The van der Waals surface area contributed by atoms with Crippen LogP contribution >= 0.6 is 0 Å². The van der Waals surface area contributed by atoms with Crippen molar-refractivity contribution in [2.45, 2.75) is 66.8 Å². The van der Waals surface area contributed by atoms with Gasteiger partial charge in [-0.3, -0.25) is 0 Å². The molecule has 0 aromatic rings. The molecule has 0 amide bonds. The van der Waals surface area contributed by atoms with Crippen molar-refractivity contribution in [3.8, 4) is 0 Å². The zero-order valence-electron chi connectivity index (χ0n) is 11.4. The van der Waals surface area contributed by atoms with Crippen molar-refractivity contribution in [2.24, 2.45) is 28.4 Å². The fourth-order valence-electron chi connectivity index (χ4n) is 2.98. The lowest BCUT2D eigenvalue weighted by atomic mass is 9.61. The molecule has 0 aromatic heterocycles. The van der Waals surface area contributed by atoms with Gasteiger partial charge in [0.05, 0.1) is 0 Å². The van der Waals surface area contributed by atoms with Gasteiger partial charge in [-0.05, 0) is 41.9 Å². The summed E-state index contributed by atoms with van der Waals surface area (Å²) in [4.78, 5) is 0. The summed E-state index contributed by atoms with van der Waals surface area (Å²) in [6.07, 6.45) is 3.84. The van der Waals surface area contributed by atoms with E-state index in [0.717, 1.165) is 5.92 Å². The van der Waals surface area contributed by atoms with Crippen molar-refractivity contribution in [2.75, 3.05) is 0 Å². The Kier molecular flexibility index (Phi) is 3.55. The molecule has 1 fully saturated rings. The van der Waals surface area contributed by atoms with Gasteiger partial charge in [0.1, 0.15) is 0 Å². The first kappa shape index (κ1) is 13.0. The van der Waals surface area contributed by atoms with E-state index >= 15 is 0 Å². The maximum Gasteiger partial charge on any atom is 0.00723 e. The van der Waals surface area contributed by atoms with E-state index in [1.54, 1.807) is 0 Å². The predicted molar refractivity (Wildman–Crippen MR) is 67.7 cm³/mol. The van der Waals surface area contributed by atoms with E-state index < -0.39 is 0 Å². The van der Waals surface area contributed by atoms with Crippen LogP contribution in [0.15, 0.2) is 0 Å². The molecule has 0 aliphatic heterocycles. The first-order chi connectivity index (χ1) is 6.62. The Bertz CT molecular complexity index is 206. The number of rotatable bonds is 0. The second-order valence-electron chi connectivity index (χ2n) is 7.51. The molecule has 1 rings (SSSR count). The molecule has 15 heavy (non-hydrogen) atoms. The fourth-order valence-corrected chi connectivity index (χ4v) is 2.98. The molecule has 1 heteroatoms. The van der Waals surface area contributed by atoms with Crippen LogP contribution < -0.4 is 5.73 Å². The van der Waals surface area contributed by atoms with Crippen molar-refractivity contribution in [1.29, 1.82) is 0 Å². The first-order valence-electron chi connectivity index (χ1n) is 6.38. The molecule has 1 aliphatic carbocycles. The maximum atomic E-state index is 6.27. The topological polar surface area (TPSA) is 26.0 Å². The maximum absolute atomic E-state index is 6.27. The summed E-state index contributed by atoms with van der Waals surface area (Å²) in [6, 6.07) is 0.420. The first-order valence-corrected chi connectivity index (χ1v) is 6.38. The van der Waals surface area contributed by atoms with Gasteiger partial charge in [-0.2, -0.15) is 0 Å². The highest BCUT2D eigenvalue weighted by Crippen LogP contribution is 2.45. The zero-order chi connectivity index (χ0) is 11.9. The highest BCUT2D eigenvalue weighted by molar-refractivity contribution is 4.92. The van der Waals surface area contributed by atoms with Gasteiger partial charge in [0, 0.05) is 6.04 Å². The minimum atomic E-state index is 0.364. The van der Waals surface area contributed by atoms with E-state index in [2.05, 4.69) is 41.5 Å². The van der Waals surface area contributed by atoms with Crippen LogP contribution in [-0.4, -0.2) is 6.04 Å². The van der Waals surface area contributed by atoms with Gasteiger partial charge in [0.15, 0.2) is 0 Å². The van der Waals surface area contributed by atoms with E-state index in [9.17, 15) is 0 Å². The fraction of sp³-hybridized carbons (Fsp3) is 1.00. The number of hydrogen-bond acceptors (Lipinski definition) is 1. The highest BCUT2D eigenvalue weighted by atomic mass is 14.7. The second-order valence-corrected chi connectivity index (χ2v) is 7.51. The molecule has 3 atom stereocenters. The lowest BCUT2D eigenvalue weighted by Crippen LogP contribution is -2.45. The molecule has 0 bridgehead atoms. The number of hydrogen-bond donors (Lipinski definition) is 1. The van der Waals surface area contributed by atoms with Crippen LogP contribution in [0.1, 0.15) is 60.8 Å². The third kappa shape index (κ3) is 3.21. The summed E-state index contributed by atoms with van der Waals surface area (Å²) in [5.41, 5.74) is 7.08. The van der Waals surface area contributed by atoms with E-state index in [-0.39, 0.29) is 0 Å². The summed E-state index contributed by atoms with van der Waals surface area (Å²) in [6.45, 7) is 14.1. The molecule has 1 saturated carbocycles. The van der Waals surface area contributed by atoms with Crippen LogP contribution in [0.3, 0.4) is 0 Å². The number of nitrogens with two attached hydrogens (primary N) is 1. The highest BCUT2D eigenvalue weighted by Gasteiger charge is 2.39. The minimum Gasteiger partial charge on any atom is -0.327 e. The lowest BCUT2D eigenvalue weighted by Gasteiger charge is -2.45. The molecule has 0 heterocycles. The predicted octanol–water partition coefficient (Wildman–Crippen LogP) is 3.82. The Morgan fingerprint density at radius 3 is 1.80 bits per heavy atom. The van der Waals surface area contributed by atoms with Gasteiger partial charge in [-0.15, -0.1) is 0 Å². The van der Waals surface area contributed by atoms with E-state index in [0.29, 0.717) is 22.8 Å². The molecule has 0 saturated heterocycles.